The smallest absolute Gasteiger partial charge is 0.272 e. The molecule has 0 amide bonds. The quantitative estimate of drug-likeness (QED) is 0.769. The summed E-state index contributed by atoms with van der Waals surface area (Å²) in [6, 6.07) is 0. The van der Waals surface area contributed by atoms with E-state index < -0.39 is 10.0 Å². The summed E-state index contributed by atoms with van der Waals surface area (Å²) in [5, 5.41) is 16.3. The van der Waals surface area contributed by atoms with Crippen LogP contribution in [0.4, 0.5) is 5.13 Å². The Morgan fingerprint density at radius 3 is 2.65 bits per heavy atom. The van der Waals surface area contributed by atoms with Crippen molar-refractivity contribution in [2.45, 2.75) is 23.3 Å². The topological polar surface area (TPSA) is 109 Å². The van der Waals surface area contributed by atoms with Crippen molar-refractivity contribution in [1.29, 1.82) is 0 Å². The van der Waals surface area contributed by atoms with Gasteiger partial charge < -0.3 is 10.8 Å². The van der Waals surface area contributed by atoms with Crippen LogP contribution >= 0.6 is 11.3 Å². The molecule has 1 aromatic rings. The molecule has 0 aromatic carbocycles. The molecule has 0 bridgehead atoms. The first-order valence-electron chi connectivity index (χ1n) is 5.13. The van der Waals surface area contributed by atoms with Gasteiger partial charge in [0.25, 0.3) is 10.0 Å². The minimum Gasteiger partial charge on any atom is -0.393 e. The Labute approximate surface area is 103 Å². The van der Waals surface area contributed by atoms with Crippen molar-refractivity contribution in [1.82, 2.24) is 14.5 Å². The van der Waals surface area contributed by atoms with Gasteiger partial charge in [-0.25, -0.2) is 8.42 Å². The van der Waals surface area contributed by atoms with Gasteiger partial charge in [-0.05, 0) is 18.8 Å². The monoisotopic (exact) mass is 278 g/mol. The maximum atomic E-state index is 12.0. The molecular weight excluding hydrogens is 264 g/mol. The Balaban J connectivity index is 2.05. The SMILES string of the molecule is CN(CC1CC(O)C1)S(=O)(=O)c1nnc(N)s1. The Morgan fingerprint density at radius 2 is 2.18 bits per heavy atom. The zero-order valence-corrected chi connectivity index (χ0v) is 10.9. The summed E-state index contributed by atoms with van der Waals surface area (Å²) in [7, 11) is -2.09. The highest BCUT2D eigenvalue weighted by Crippen LogP contribution is 2.29. The third-order valence-electron chi connectivity index (χ3n) is 2.78. The minimum absolute atomic E-state index is 0.0858. The van der Waals surface area contributed by atoms with Crippen LogP contribution in [0.15, 0.2) is 4.34 Å². The van der Waals surface area contributed by atoms with Gasteiger partial charge in [0.15, 0.2) is 0 Å². The van der Waals surface area contributed by atoms with E-state index in [2.05, 4.69) is 10.2 Å². The van der Waals surface area contributed by atoms with Crippen LogP contribution < -0.4 is 5.73 Å². The summed E-state index contributed by atoms with van der Waals surface area (Å²) in [6.07, 6.45) is 1.02. The van der Waals surface area contributed by atoms with Crippen molar-refractivity contribution in [3.05, 3.63) is 0 Å². The fourth-order valence-electron chi connectivity index (χ4n) is 1.77. The Morgan fingerprint density at radius 1 is 1.53 bits per heavy atom. The summed E-state index contributed by atoms with van der Waals surface area (Å²) < 4.78 is 25.2. The fourth-order valence-corrected chi connectivity index (χ4v) is 3.99. The molecule has 0 unspecified atom stereocenters. The maximum absolute atomic E-state index is 12.0. The number of rotatable bonds is 4. The molecule has 0 saturated heterocycles. The average Bonchev–Trinajstić information content (AvgIpc) is 2.63. The summed E-state index contributed by atoms with van der Waals surface area (Å²) in [6.45, 7) is 0.388. The predicted octanol–water partition coefficient (Wildman–Crippen LogP) is -0.488. The van der Waals surface area contributed by atoms with Gasteiger partial charge >= 0.3 is 0 Å². The number of hydrogen-bond acceptors (Lipinski definition) is 7. The zero-order chi connectivity index (χ0) is 12.6. The summed E-state index contributed by atoms with van der Waals surface area (Å²) in [5.74, 6) is 0.218. The predicted molar refractivity (Wildman–Crippen MR) is 62.9 cm³/mol. The molecule has 3 N–H and O–H groups in total. The molecule has 0 atom stereocenters. The molecule has 1 aliphatic carbocycles. The van der Waals surface area contributed by atoms with Crippen LogP contribution in [-0.2, 0) is 10.0 Å². The normalized spacial score (nSPS) is 24.9. The van der Waals surface area contributed by atoms with E-state index in [-0.39, 0.29) is 21.5 Å². The van der Waals surface area contributed by atoms with Gasteiger partial charge in [0, 0.05) is 13.6 Å². The number of aromatic nitrogens is 2. The molecule has 96 valence electrons. The van der Waals surface area contributed by atoms with Crippen LogP contribution in [0.25, 0.3) is 0 Å². The van der Waals surface area contributed by atoms with Crippen LogP contribution in [0.5, 0.6) is 0 Å². The highest BCUT2D eigenvalue weighted by molar-refractivity contribution is 7.91. The van der Waals surface area contributed by atoms with Gasteiger partial charge in [0.2, 0.25) is 9.47 Å². The van der Waals surface area contributed by atoms with Gasteiger partial charge in [-0.2, -0.15) is 4.31 Å². The molecule has 1 heterocycles. The molecule has 17 heavy (non-hydrogen) atoms. The first kappa shape index (κ1) is 12.7. The highest BCUT2D eigenvalue weighted by atomic mass is 32.2. The lowest BCUT2D eigenvalue weighted by Crippen LogP contribution is -2.39. The largest absolute Gasteiger partial charge is 0.393 e. The first-order valence-corrected chi connectivity index (χ1v) is 7.38. The summed E-state index contributed by atoms with van der Waals surface area (Å²) in [4.78, 5) is 0. The van der Waals surface area contributed by atoms with E-state index in [4.69, 9.17) is 10.8 Å². The van der Waals surface area contributed by atoms with Crippen LogP contribution in [0.3, 0.4) is 0 Å². The lowest BCUT2D eigenvalue weighted by molar-refractivity contribution is 0.0367. The molecule has 0 spiro atoms. The fraction of sp³-hybridized carbons (Fsp3) is 0.750. The molecule has 2 rings (SSSR count). The van der Waals surface area contributed by atoms with Crippen molar-refractivity contribution in [3.8, 4) is 0 Å². The van der Waals surface area contributed by atoms with Crippen molar-refractivity contribution in [2.24, 2.45) is 5.92 Å². The lowest BCUT2D eigenvalue weighted by atomic mass is 9.82. The van der Waals surface area contributed by atoms with E-state index in [1.807, 2.05) is 0 Å². The summed E-state index contributed by atoms with van der Waals surface area (Å²) in [5.41, 5.74) is 5.36. The number of nitrogens with two attached hydrogens (primary N) is 1. The Hall–Kier alpha value is -0.770. The first-order chi connectivity index (χ1) is 7.89. The molecule has 1 aliphatic rings. The Bertz CT molecular complexity index is 495. The molecule has 1 aromatic heterocycles. The molecule has 0 radical (unpaired) electrons. The number of aliphatic hydroxyl groups is 1. The number of nitrogens with zero attached hydrogens (tertiary/aromatic N) is 3. The number of aliphatic hydroxyl groups excluding tert-OH is 1. The van der Waals surface area contributed by atoms with E-state index in [9.17, 15) is 8.42 Å². The van der Waals surface area contributed by atoms with Crippen LogP contribution in [-0.4, -0.2) is 47.7 Å². The number of anilines is 1. The summed E-state index contributed by atoms with van der Waals surface area (Å²) >= 11 is 0.853. The molecule has 1 fully saturated rings. The van der Waals surface area contributed by atoms with E-state index in [0.29, 0.717) is 19.4 Å². The number of hydrogen-bond donors (Lipinski definition) is 2. The number of sulfonamides is 1. The second-order valence-electron chi connectivity index (χ2n) is 4.18. The third kappa shape index (κ3) is 2.57. The van der Waals surface area contributed by atoms with Crippen LogP contribution in [0, 0.1) is 5.92 Å². The van der Waals surface area contributed by atoms with Gasteiger partial charge in [-0.1, -0.05) is 11.3 Å². The number of nitrogen functional groups attached to an aromatic ring is 1. The highest BCUT2D eigenvalue weighted by Gasteiger charge is 2.33. The van der Waals surface area contributed by atoms with Gasteiger partial charge in [0.1, 0.15) is 0 Å². The Kier molecular flexibility index (Phi) is 3.34. The van der Waals surface area contributed by atoms with Crippen LogP contribution in [0.1, 0.15) is 12.8 Å². The van der Waals surface area contributed by atoms with E-state index in [0.717, 1.165) is 11.3 Å². The second kappa shape index (κ2) is 4.48. The van der Waals surface area contributed by atoms with Crippen LogP contribution in [0.2, 0.25) is 0 Å². The maximum Gasteiger partial charge on any atom is 0.272 e. The van der Waals surface area contributed by atoms with E-state index >= 15 is 0 Å². The third-order valence-corrected chi connectivity index (χ3v) is 5.70. The van der Waals surface area contributed by atoms with Crippen molar-refractivity contribution in [3.63, 3.8) is 0 Å². The van der Waals surface area contributed by atoms with E-state index in [1.165, 1.54) is 11.4 Å². The van der Waals surface area contributed by atoms with Gasteiger partial charge in [-0.3, -0.25) is 0 Å². The van der Waals surface area contributed by atoms with Crippen molar-refractivity contribution >= 4 is 26.5 Å². The molecule has 1 saturated carbocycles. The van der Waals surface area contributed by atoms with Crippen molar-refractivity contribution in [2.75, 3.05) is 19.3 Å². The molecule has 0 aliphatic heterocycles. The second-order valence-corrected chi connectivity index (χ2v) is 7.41. The molecular formula is C8H14N4O3S2. The average molecular weight is 278 g/mol. The zero-order valence-electron chi connectivity index (χ0n) is 9.28. The van der Waals surface area contributed by atoms with E-state index in [1.54, 1.807) is 0 Å². The minimum atomic E-state index is -3.59. The molecule has 7 nitrogen and oxygen atoms in total. The van der Waals surface area contributed by atoms with Gasteiger partial charge in [0.05, 0.1) is 6.10 Å². The van der Waals surface area contributed by atoms with Gasteiger partial charge in [-0.15, -0.1) is 10.2 Å². The van der Waals surface area contributed by atoms with Crippen molar-refractivity contribution < 1.29 is 13.5 Å². The molecule has 9 heteroatoms. The standard InChI is InChI=1S/C8H14N4O3S2/c1-12(4-5-2-6(13)3-5)17(14,15)8-11-10-7(9)16-8/h5-6,13H,2-4H2,1H3,(H2,9,10). The lowest BCUT2D eigenvalue weighted by Gasteiger charge is -2.33.